The van der Waals surface area contributed by atoms with Gasteiger partial charge in [0, 0.05) is 28.8 Å². The zero-order valence-corrected chi connectivity index (χ0v) is 11.5. The van der Waals surface area contributed by atoms with Crippen molar-refractivity contribution in [1.82, 2.24) is 5.32 Å². The van der Waals surface area contributed by atoms with Crippen LogP contribution in [0, 0.1) is 6.92 Å². The average Bonchev–Trinajstić information content (AvgIpc) is 2.21. The molecule has 2 rings (SSSR count). The van der Waals surface area contributed by atoms with E-state index in [0.29, 0.717) is 0 Å². The highest BCUT2D eigenvalue weighted by Crippen LogP contribution is 2.21. The van der Waals surface area contributed by atoms with E-state index in [0.717, 1.165) is 34.4 Å². The Hall–Kier alpha value is -1.13. The third-order valence-corrected chi connectivity index (χ3v) is 3.49. The summed E-state index contributed by atoms with van der Waals surface area (Å²) in [4.78, 5) is 12.0. The van der Waals surface area contributed by atoms with E-state index in [1.54, 1.807) is 0 Å². The first-order valence-electron chi connectivity index (χ1n) is 5.55. The minimum atomic E-state index is -0.0114. The number of carbonyl (C=O) groups is 1. The molecule has 0 bridgehead atoms. The molecular formula is C13H15BrN2O. The first-order valence-corrected chi connectivity index (χ1v) is 6.34. The van der Waals surface area contributed by atoms with E-state index in [1.165, 1.54) is 5.57 Å². The Morgan fingerprint density at radius 2 is 2.12 bits per heavy atom. The first-order chi connectivity index (χ1) is 8.08. The molecule has 1 aliphatic heterocycles. The molecule has 3 nitrogen and oxygen atoms in total. The predicted octanol–water partition coefficient (Wildman–Crippen LogP) is 2.62. The fourth-order valence-corrected chi connectivity index (χ4v) is 1.98. The van der Waals surface area contributed by atoms with Gasteiger partial charge in [-0.05, 0) is 37.1 Å². The highest BCUT2D eigenvalue weighted by molar-refractivity contribution is 9.10. The van der Waals surface area contributed by atoms with Crippen LogP contribution >= 0.6 is 15.9 Å². The number of anilines is 1. The second-order valence-electron chi connectivity index (χ2n) is 4.25. The van der Waals surface area contributed by atoms with Crippen LogP contribution in [-0.2, 0) is 4.79 Å². The summed E-state index contributed by atoms with van der Waals surface area (Å²) in [5.41, 5.74) is 3.93. The lowest BCUT2D eigenvalue weighted by Crippen LogP contribution is -2.36. The highest BCUT2D eigenvalue weighted by atomic mass is 79.9. The second kappa shape index (κ2) is 5.02. The number of hydrogen-bond donors (Lipinski definition) is 2. The molecule has 1 aromatic rings. The van der Waals surface area contributed by atoms with E-state index in [9.17, 15) is 4.79 Å². The van der Waals surface area contributed by atoms with Crippen LogP contribution in [0.25, 0.3) is 0 Å². The van der Waals surface area contributed by atoms with Crippen LogP contribution in [0.4, 0.5) is 5.69 Å². The Balaban J connectivity index is 2.15. The number of halogens is 1. The molecule has 4 heteroatoms. The normalized spacial score (nSPS) is 14.2. The van der Waals surface area contributed by atoms with Crippen molar-refractivity contribution in [2.24, 2.45) is 0 Å². The lowest BCUT2D eigenvalue weighted by Gasteiger charge is -2.21. The fourth-order valence-electron chi connectivity index (χ4n) is 1.62. The number of rotatable bonds is 2. The number of benzene rings is 1. The summed E-state index contributed by atoms with van der Waals surface area (Å²) < 4.78 is 0.967. The number of carbonyl (C=O) groups excluding carboxylic acids is 1. The van der Waals surface area contributed by atoms with Gasteiger partial charge in [-0.25, -0.2) is 0 Å². The summed E-state index contributed by atoms with van der Waals surface area (Å²) in [5.74, 6) is -0.0114. The van der Waals surface area contributed by atoms with Gasteiger partial charge in [0.25, 0.3) is 5.91 Å². The second-order valence-corrected chi connectivity index (χ2v) is 5.16. The van der Waals surface area contributed by atoms with Crippen LogP contribution in [-0.4, -0.2) is 19.0 Å². The average molecular weight is 295 g/mol. The molecule has 0 radical (unpaired) electrons. The van der Waals surface area contributed by atoms with Gasteiger partial charge in [0.15, 0.2) is 0 Å². The van der Waals surface area contributed by atoms with Crippen molar-refractivity contribution < 1.29 is 4.79 Å². The molecule has 0 atom stereocenters. The standard InChI is InChI=1S/C13H15BrN2O/c1-8-3-4-11(14)5-12(8)16-13(17)9(2)10-6-15-7-10/h3-5,15H,6-7H2,1-2H3,(H,16,17). The van der Waals surface area contributed by atoms with E-state index >= 15 is 0 Å². The Labute approximate surface area is 109 Å². The summed E-state index contributed by atoms with van der Waals surface area (Å²) in [5, 5.41) is 6.08. The lowest BCUT2D eigenvalue weighted by molar-refractivity contribution is -0.112. The Kier molecular flexibility index (Phi) is 3.64. The van der Waals surface area contributed by atoms with Crippen LogP contribution in [0.5, 0.6) is 0 Å². The third-order valence-electron chi connectivity index (χ3n) is 3.00. The fraction of sp³-hybridized carbons (Fsp3) is 0.308. The monoisotopic (exact) mass is 294 g/mol. The zero-order chi connectivity index (χ0) is 12.4. The van der Waals surface area contributed by atoms with Gasteiger partial charge in [-0.15, -0.1) is 0 Å². The van der Waals surface area contributed by atoms with E-state index in [4.69, 9.17) is 0 Å². The first kappa shape index (κ1) is 12.3. The quantitative estimate of drug-likeness (QED) is 0.824. The Morgan fingerprint density at radius 3 is 2.71 bits per heavy atom. The van der Waals surface area contributed by atoms with Crippen molar-refractivity contribution in [3.8, 4) is 0 Å². The van der Waals surface area contributed by atoms with Crippen molar-refractivity contribution in [2.45, 2.75) is 13.8 Å². The predicted molar refractivity (Wildman–Crippen MR) is 73.1 cm³/mol. The van der Waals surface area contributed by atoms with E-state index in [-0.39, 0.29) is 5.91 Å². The minimum Gasteiger partial charge on any atom is -0.322 e. The van der Waals surface area contributed by atoms with Crippen molar-refractivity contribution in [1.29, 1.82) is 0 Å². The lowest BCUT2D eigenvalue weighted by atomic mass is 10.0. The Bertz CT molecular complexity index is 488. The summed E-state index contributed by atoms with van der Waals surface area (Å²) in [6.07, 6.45) is 0. The van der Waals surface area contributed by atoms with Gasteiger partial charge >= 0.3 is 0 Å². The summed E-state index contributed by atoms with van der Waals surface area (Å²) >= 11 is 3.40. The van der Waals surface area contributed by atoms with Gasteiger partial charge < -0.3 is 10.6 Å². The van der Waals surface area contributed by atoms with Gasteiger partial charge in [0.1, 0.15) is 0 Å². The molecule has 1 fully saturated rings. The summed E-state index contributed by atoms with van der Waals surface area (Å²) in [7, 11) is 0. The number of aryl methyl sites for hydroxylation is 1. The van der Waals surface area contributed by atoms with Gasteiger partial charge in [0.2, 0.25) is 0 Å². The van der Waals surface area contributed by atoms with Crippen molar-refractivity contribution in [2.75, 3.05) is 18.4 Å². The maximum absolute atomic E-state index is 12.0. The molecular weight excluding hydrogens is 280 g/mol. The molecule has 1 amide bonds. The molecule has 0 saturated carbocycles. The molecule has 1 aliphatic rings. The third kappa shape index (κ3) is 2.76. The SMILES string of the molecule is CC(C(=O)Nc1cc(Br)ccc1C)=C1CNC1. The number of amides is 1. The van der Waals surface area contributed by atoms with Crippen LogP contribution < -0.4 is 10.6 Å². The summed E-state index contributed by atoms with van der Waals surface area (Å²) in [6, 6.07) is 5.86. The zero-order valence-electron chi connectivity index (χ0n) is 9.93. The maximum atomic E-state index is 12.0. The van der Waals surface area contributed by atoms with Crippen molar-refractivity contribution in [3.63, 3.8) is 0 Å². The van der Waals surface area contributed by atoms with E-state index < -0.39 is 0 Å². The van der Waals surface area contributed by atoms with Crippen LogP contribution in [0.3, 0.4) is 0 Å². The maximum Gasteiger partial charge on any atom is 0.251 e. The van der Waals surface area contributed by atoms with Crippen molar-refractivity contribution in [3.05, 3.63) is 39.4 Å². The molecule has 1 aromatic carbocycles. The molecule has 0 spiro atoms. The van der Waals surface area contributed by atoms with E-state index in [1.807, 2.05) is 32.0 Å². The molecule has 90 valence electrons. The molecule has 1 heterocycles. The molecule has 0 aromatic heterocycles. The molecule has 0 unspecified atom stereocenters. The molecule has 17 heavy (non-hydrogen) atoms. The van der Waals surface area contributed by atoms with Gasteiger partial charge in [-0.2, -0.15) is 0 Å². The number of hydrogen-bond acceptors (Lipinski definition) is 2. The van der Waals surface area contributed by atoms with Gasteiger partial charge in [0.05, 0.1) is 0 Å². The van der Waals surface area contributed by atoms with Gasteiger partial charge in [-0.1, -0.05) is 22.0 Å². The van der Waals surface area contributed by atoms with Crippen LogP contribution in [0.1, 0.15) is 12.5 Å². The van der Waals surface area contributed by atoms with Crippen LogP contribution in [0.15, 0.2) is 33.8 Å². The topological polar surface area (TPSA) is 41.1 Å². The molecule has 1 saturated heterocycles. The van der Waals surface area contributed by atoms with Gasteiger partial charge in [-0.3, -0.25) is 4.79 Å². The smallest absolute Gasteiger partial charge is 0.251 e. The highest BCUT2D eigenvalue weighted by Gasteiger charge is 2.16. The molecule has 0 aliphatic carbocycles. The van der Waals surface area contributed by atoms with Crippen molar-refractivity contribution >= 4 is 27.5 Å². The summed E-state index contributed by atoms with van der Waals surface area (Å²) in [6.45, 7) is 5.52. The molecule has 2 N–H and O–H groups in total. The Morgan fingerprint density at radius 1 is 1.41 bits per heavy atom. The van der Waals surface area contributed by atoms with Crippen LogP contribution in [0.2, 0.25) is 0 Å². The van der Waals surface area contributed by atoms with E-state index in [2.05, 4.69) is 26.6 Å². The minimum absolute atomic E-state index is 0.0114. The number of nitrogens with one attached hydrogen (secondary N) is 2. The largest absolute Gasteiger partial charge is 0.322 e.